The van der Waals surface area contributed by atoms with Gasteiger partial charge >= 0.3 is 0 Å². The standard InChI is InChI=1S/C17H22N4O/c1-21(2)16-5-3-15(4-6-16)20-17(22)9-12-19-13-14-7-10-18-11-8-14/h3-8,10-11,19H,9,12-13H2,1-2H3,(H,20,22). The molecule has 5 nitrogen and oxygen atoms in total. The van der Waals surface area contributed by atoms with Crippen LogP contribution >= 0.6 is 0 Å². The summed E-state index contributed by atoms with van der Waals surface area (Å²) < 4.78 is 0. The fourth-order valence-electron chi connectivity index (χ4n) is 2.00. The van der Waals surface area contributed by atoms with Crippen molar-refractivity contribution < 1.29 is 4.79 Å². The number of hydrogen-bond donors (Lipinski definition) is 2. The maximum Gasteiger partial charge on any atom is 0.225 e. The second kappa shape index (κ2) is 8.14. The molecule has 0 aliphatic rings. The first-order valence-electron chi connectivity index (χ1n) is 7.32. The molecule has 0 aliphatic heterocycles. The highest BCUT2D eigenvalue weighted by Crippen LogP contribution is 2.15. The predicted octanol–water partition coefficient (Wildman–Crippen LogP) is 2.27. The van der Waals surface area contributed by atoms with Crippen LogP contribution in [0.25, 0.3) is 0 Å². The van der Waals surface area contributed by atoms with Gasteiger partial charge in [0.05, 0.1) is 0 Å². The van der Waals surface area contributed by atoms with Crippen molar-refractivity contribution in [2.24, 2.45) is 0 Å². The Bertz CT molecular complexity index is 581. The molecule has 1 amide bonds. The number of hydrogen-bond acceptors (Lipinski definition) is 4. The van der Waals surface area contributed by atoms with Crippen LogP contribution in [0, 0.1) is 0 Å². The highest BCUT2D eigenvalue weighted by molar-refractivity contribution is 5.91. The van der Waals surface area contributed by atoms with Crippen LogP contribution in [-0.4, -0.2) is 31.5 Å². The summed E-state index contributed by atoms with van der Waals surface area (Å²) in [6, 6.07) is 11.7. The zero-order valence-electron chi connectivity index (χ0n) is 13.0. The van der Waals surface area contributed by atoms with Crippen LogP contribution in [-0.2, 0) is 11.3 Å². The molecule has 0 bridgehead atoms. The first kappa shape index (κ1) is 16.0. The minimum Gasteiger partial charge on any atom is -0.378 e. The molecule has 116 valence electrons. The molecule has 2 N–H and O–H groups in total. The molecule has 5 heteroatoms. The van der Waals surface area contributed by atoms with Gasteiger partial charge in [-0.25, -0.2) is 0 Å². The SMILES string of the molecule is CN(C)c1ccc(NC(=O)CCNCc2ccncc2)cc1. The normalized spacial score (nSPS) is 10.3. The Hall–Kier alpha value is -2.40. The van der Waals surface area contributed by atoms with E-state index in [9.17, 15) is 4.79 Å². The minimum absolute atomic E-state index is 0.0137. The molecule has 2 rings (SSSR count). The summed E-state index contributed by atoms with van der Waals surface area (Å²) in [6.07, 6.45) is 3.97. The third-order valence-corrected chi connectivity index (χ3v) is 3.27. The summed E-state index contributed by atoms with van der Waals surface area (Å²) in [4.78, 5) is 17.9. The van der Waals surface area contributed by atoms with Crippen LogP contribution in [0.2, 0.25) is 0 Å². The lowest BCUT2D eigenvalue weighted by atomic mass is 10.2. The van der Waals surface area contributed by atoms with Crippen molar-refractivity contribution >= 4 is 17.3 Å². The minimum atomic E-state index is 0.0137. The molecule has 1 heterocycles. The maximum absolute atomic E-state index is 11.9. The maximum atomic E-state index is 11.9. The number of amides is 1. The third-order valence-electron chi connectivity index (χ3n) is 3.27. The van der Waals surface area contributed by atoms with Crippen LogP contribution < -0.4 is 15.5 Å². The summed E-state index contributed by atoms with van der Waals surface area (Å²) in [5, 5.41) is 6.15. The van der Waals surface area contributed by atoms with Crippen LogP contribution in [0.15, 0.2) is 48.8 Å². The number of carbonyl (C=O) groups is 1. The molecule has 0 saturated heterocycles. The van der Waals surface area contributed by atoms with Crippen molar-refractivity contribution in [2.45, 2.75) is 13.0 Å². The molecule has 0 radical (unpaired) electrons. The monoisotopic (exact) mass is 298 g/mol. The molecule has 22 heavy (non-hydrogen) atoms. The second-order valence-corrected chi connectivity index (χ2v) is 5.27. The highest BCUT2D eigenvalue weighted by atomic mass is 16.1. The quantitative estimate of drug-likeness (QED) is 0.770. The van der Waals surface area contributed by atoms with Gasteiger partial charge in [-0.2, -0.15) is 0 Å². The first-order valence-corrected chi connectivity index (χ1v) is 7.32. The lowest BCUT2D eigenvalue weighted by Crippen LogP contribution is -2.21. The molecule has 0 unspecified atom stereocenters. The summed E-state index contributed by atoms with van der Waals surface area (Å²) in [6.45, 7) is 1.39. The van der Waals surface area contributed by atoms with Gasteiger partial charge in [-0.1, -0.05) is 0 Å². The molecule has 0 spiro atoms. The van der Waals surface area contributed by atoms with E-state index in [0.29, 0.717) is 13.0 Å². The molecule has 0 atom stereocenters. The van der Waals surface area contributed by atoms with E-state index >= 15 is 0 Å². The van der Waals surface area contributed by atoms with Crippen molar-refractivity contribution in [3.05, 3.63) is 54.4 Å². The van der Waals surface area contributed by atoms with Gasteiger partial charge in [0.1, 0.15) is 0 Å². The highest BCUT2D eigenvalue weighted by Gasteiger charge is 2.02. The topological polar surface area (TPSA) is 57.3 Å². The van der Waals surface area contributed by atoms with E-state index in [2.05, 4.69) is 15.6 Å². The molecule has 1 aromatic heterocycles. The van der Waals surface area contributed by atoms with Crippen LogP contribution in [0.3, 0.4) is 0 Å². The Morgan fingerprint density at radius 1 is 1.09 bits per heavy atom. The lowest BCUT2D eigenvalue weighted by Gasteiger charge is -2.13. The summed E-state index contributed by atoms with van der Waals surface area (Å²) in [5.74, 6) is 0.0137. The second-order valence-electron chi connectivity index (χ2n) is 5.27. The van der Waals surface area contributed by atoms with Crippen molar-refractivity contribution in [1.29, 1.82) is 0 Å². The van der Waals surface area contributed by atoms with E-state index in [-0.39, 0.29) is 5.91 Å². The molecule has 2 aromatic rings. The third kappa shape index (κ3) is 5.18. The van der Waals surface area contributed by atoms with Crippen LogP contribution in [0.1, 0.15) is 12.0 Å². The predicted molar refractivity (Wildman–Crippen MR) is 90.0 cm³/mol. The van der Waals surface area contributed by atoms with E-state index < -0.39 is 0 Å². The molecule has 0 saturated carbocycles. The van der Waals surface area contributed by atoms with Crippen molar-refractivity contribution in [3.63, 3.8) is 0 Å². The van der Waals surface area contributed by atoms with Gasteiger partial charge in [0, 0.05) is 57.4 Å². The van der Waals surface area contributed by atoms with E-state index in [1.165, 1.54) is 0 Å². The first-order chi connectivity index (χ1) is 10.6. The number of nitrogens with zero attached hydrogens (tertiary/aromatic N) is 2. The summed E-state index contributed by atoms with van der Waals surface area (Å²) >= 11 is 0. The van der Waals surface area contributed by atoms with Crippen LogP contribution in [0.4, 0.5) is 11.4 Å². The number of benzene rings is 1. The van der Waals surface area contributed by atoms with E-state index in [0.717, 1.165) is 23.5 Å². The van der Waals surface area contributed by atoms with E-state index in [1.807, 2.05) is 55.4 Å². The van der Waals surface area contributed by atoms with Crippen molar-refractivity contribution in [3.8, 4) is 0 Å². The Morgan fingerprint density at radius 3 is 2.41 bits per heavy atom. The zero-order chi connectivity index (χ0) is 15.8. The summed E-state index contributed by atoms with van der Waals surface area (Å²) in [5.41, 5.74) is 3.09. The van der Waals surface area contributed by atoms with Crippen molar-refractivity contribution in [1.82, 2.24) is 10.3 Å². The van der Waals surface area contributed by atoms with Gasteiger partial charge in [0.15, 0.2) is 0 Å². The van der Waals surface area contributed by atoms with Gasteiger partial charge in [0.25, 0.3) is 0 Å². The Kier molecular flexibility index (Phi) is 5.91. The fraction of sp³-hybridized carbons (Fsp3) is 0.294. The number of carbonyl (C=O) groups excluding carboxylic acids is 1. The smallest absolute Gasteiger partial charge is 0.225 e. The Morgan fingerprint density at radius 2 is 1.77 bits per heavy atom. The van der Waals surface area contributed by atoms with E-state index in [1.54, 1.807) is 12.4 Å². The Labute approximate surface area is 131 Å². The molecule has 1 aromatic carbocycles. The fourth-order valence-corrected chi connectivity index (χ4v) is 2.00. The molecule has 0 fully saturated rings. The molecular weight excluding hydrogens is 276 g/mol. The lowest BCUT2D eigenvalue weighted by molar-refractivity contribution is -0.116. The van der Waals surface area contributed by atoms with Crippen LogP contribution in [0.5, 0.6) is 0 Å². The van der Waals surface area contributed by atoms with E-state index in [4.69, 9.17) is 0 Å². The average Bonchev–Trinajstić information content (AvgIpc) is 2.53. The number of pyridine rings is 1. The largest absolute Gasteiger partial charge is 0.378 e. The van der Waals surface area contributed by atoms with Gasteiger partial charge in [-0.3, -0.25) is 9.78 Å². The van der Waals surface area contributed by atoms with Gasteiger partial charge in [0.2, 0.25) is 5.91 Å². The number of nitrogens with one attached hydrogen (secondary N) is 2. The number of aromatic nitrogens is 1. The van der Waals surface area contributed by atoms with Gasteiger partial charge < -0.3 is 15.5 Å². The zero-order valence-corrected chi connectivity index (χ0v) is 13.0. The van der Waals surface area contributed by atoms with Gasteiger partial charge in [-0.05, 0) is 42.0 Å². The number of anilines is 2. The van der Waals surface area contributed by atoms with Gasteiger partial charge in [-0.15, -0.1) is 0 Å². The number of rotatable bonds is 7. The summed E-state index contributed by atoms with van der Waals surface area (Å²) in [7, 11) is 3.98. The Balaban J connectivity index is 1.69. The molecule has 0 aliphatic carbocycles. The van der Waals surface area contributed by atoms with Crippen molar-refractivity contribution in [2.75, 3.05) is 30.9 Å². The molecular formula is C17H22N4O. The average molecular weight is 298 g/mol.